The van der Waals surface area contributed by atoms with Gasteiger partial charge in [0.25, 0.3) is 15.9 Å². The maximum Gasteiger partial charge on any atom is 0.347 e. The fraction of sp³-hybridized carbons (Fsp3) is 0.619. The Labute approximate surface area is 219 Å². The summed E-state index contributed by atoms with van der Waals surface area (Å²) in [5, 5.41) is 2.41. The number of sulfone groups is 1. The van der Waals surface area contributed by atoms with Gasteiger partial charge in [0, 0.05) is 18.5 Å². The smallest absolute Gasteiger partial charge is 0.347 e. The molecule has 2 rings (SSSR count). The number of nitrogens with one attached hydrogen (secondary N) is 2. The van der Waals surface area contributed by atoms with Crippen molar-refractivity contribution in [2.45, 2.75) is 86.0 Å². The van der Waals surface area contributed by atoms with Gasteiger partial charge in [-0.3, -0.25) is 9.59 Å². The van der Waals surface area contributed by atoms with Crippen LogP contribution in [0.5, 0.6) is 0 Å². The standard InChI is InChI=1S/C21H30N2O11S3/c1-7-22-16-8-10(2)36(28,29)21-15(16)9-17(35-21)37(30,31)23-18(25)11(3)33-20(27)13(5)34-19(26)12(4)32-14(6)24/h9-13,16,22H,7-8H2,1-6H3,(H,23,25)/t10-,11-,12-,13-,16-/m0/s1. The predicted molar refractivity (Wildman–Crippen MR) is 130 cm³/mol. The Bertz CT molecular complexity index is 1270. The molecule has 1 aliphatic rings. The Hall–Kier alpha value is -2.56. The molecule has 16 heteroatoms. The van der Waals surface area contributed by atoms with Crippen LogP contribution >= 0.6 is 11.3 Å². The number of hydrogen-bond donors (Lipinski definition) is 2. The number of hydrogen-bond acceptors (Lipinski definition) is 13. The van der Waals surface area contributed by atoms with Crippen molar-refractivity contribution >= 4 is 55.0 Å². The summed E-state index contributed by atoms with van der Waals surface area (Å²) in [6, 6.07) is 0.844. The van der Waals surface area contributed by atoms with Gasteiger partial charge in [-0.15, -0.1) is 11.3 Å². The van der Waals surface area contributed by atoms with Gasteiger partial charge in [0.2, 0.25) is 0 Å². The van der Waals surface area contributed by atoms with E-state index < -0.39 is 67.2 Å². The molecule has 13 nitrogen and oxygen atoms in total. The second-order valence-electron chi connectivity index (χ2n) is 8.39. The van der Waals surface area contributed by atoms with Crippen molar-refractivity contribution in [1.82, 2.24) is 10.0 Å². The molecule has 0 aliphatic carbocycles. The third-order valence-electron chi connectivity index (χ3n) is 5.35. The zero-order valence-corrected chi connectivity index (χ0v) is 23.5. The average Bonchev–Trinajstić information content (AvgIpc) is 3.25. The highest BCUT2D eigenvalue weighted by Crippen LogP contribution is 2.42. The zero-order valence-electron chi connectivity index (χ0n) is 21.1. The fourth-order valence-electron chi connectivity index (χ4n) is 3.38. The van der Waals surface area contributed by atoms with Crippen LogP contribution in [0.15, 0.2) is 14.5 Å². The minimum absolute atomic E-state index is 0.0804. The molecule has 0 saturated heterocycles. The molecule has 0 aromatic carbocycles. The van der Waals surface area contributed by atoms with E-state index in [9.17, 15) is 36.0 Å². The van der Waals surface area contributed by atoms with Crippen molar-refractivity contribution < 1.29 is 50.2 Å². The van der Waals surface area contributed by atoms with Crippen molar-refractivity contribution in [2.24, 2.45) is 0 Å². The van der Waals surface area contributed by atoms with Crippen LogP contribution in [0, 0.1) is 0 Å². The monoisotopic (exact) mass is 582 g/mol. The van der Waals surface area contributed by atoms with Crippen LogP contribution in [0.1, 0.15) is 59.6 Å². The molecular formula is C21H30N2O11S3. The van der Waals surface area contributed by atoms with E-state index in [-0.39, 0.29) is 20.9 Å². The molecule has 1 aromatic rings. The van der Waals surface area contributed by atoms with E-state index in [1.165, 1.54) is 13.0 Å². The predicted octanol–water partition coefficient (Wildman–Crippen LogP) is 0.585. The van der Waals surface area contributed by atoms with E-state index in [4.69, 9.17) is 9.47 Å². The van der Waals surface area contributed by atoms with Gasteiger partial charge >= 0.3 is 17.9 Å². The molecule has 0 radical (unpaired) electrons. The number of rotatable bonds is 10. The third kappa shape index (κ3) is 7.27. The Morgan fingerprint density at radius 1 is 1.05 bits per heavy atom. The van der Waals surface area contributed by atoms with Crippen molar-refractivity contribution in [3.63, 3.8) is 0 Å². The minimum Gasteiger partial charge on any atom is -0.451 e. The van der Waals surface area contributed by atoms with Crippen LogP contribution in [-0.4, -0.2) is 70.8 Å². The molecule has 0 spiro atoms. The number of amides is 1. The summed E-state index contributed by atoms with van der Waals surface area (Å²) in [5.41, 5.74) is 0.316. The summed E-state index contributed by atoms with van der Waals surface area (Å²) in [6.07, 6.45) is -4.12. The number of thiophene rings is 1. The molecule has 208 valence electrons. The van der Waals surface area contributed by atoms with Crippen LogP contribution in [0.25, 0.3) is 0 Å². The lowest BCUT2D eigenvalue weighted by atomic mass is 10.1. The first kappa shape index (κ1) is 30.7. The lowest BCUT2D eigenvalue weighted by Gasteiger charge is -2.27. The van der Waals surface area contributed by atoms with Crippen molar-refractivity contribution in [3.05, 3.63) is 11.6 Å². The van der Waals surface area contributed by atoms with Crippen molar-refractivity contribution in [1.29, 1.82) is 0 Å². The van der Waals surface area contributed by atoms with E-state index >= 15 is 0 Å². The second kappa shape index (κ2) is 11.9. The third-order valence-corrected chi connectivity index (χ3v) is 11.1. The summed E-state index contributed by atoms with van der Waals surface area (Å²) < 4.78 is 66.9. The molecule has 1 aliphatic heterocycles. The Morgan fingerprint density at radius 2 is 1.59 bits per heavy atom. The first-order valence-electron chi connectivity index (χ1n) is 11.3. The maximum atomic E-state index is 12.9. The van der Waals surface area contributed by atoms with E-state index in [1.54, 1.807) is 11.6 Å². The van der Waals surface area contributed by atoms with Crippen LogP contribution < -0.4 is 10.0 Å². The van der Waals surface area contributed by atoms with Gasteiger partial charge in [0.05, 0.1) is 5.25 Å². The van der Waals surface area contributed by atoms with Crippen LogP contribution in [0.4, 0.5) is 0 Å². The largest absolute Gasteiger partial charge is 0.451 e. The highest BCUT2D eigenvalue weighted by Gasteiger charge is 2.40. The zero-order chi connectivity index (χ0) is 28.3. The Morgan fingerprint density at radius 3 is 2.14 bits per heavy atom. The fourth-order valence-corrected chi connectivity index (χ4v) is 8.42. The number of fused-ring (bicyclic) bond motifs is 1. The molecule has 0 saturated carbocycles. The lowest BCUT2D eigenvalue weighted by Crippen LogP contribution is -2.41. The molecule has 2 N–H and O–H groups in total. The second-order valence-corrected chi connectivity index (χ2v) is 13.9. The van der Waals surface area contributed by atoms with Gasteiger partial charge in [-0.1, -0.05) is 6.92 Å². The van der Waals surface area contributed by atoms with Gasteiger partial charge in [-0.2, -0.15) is 0 Å². The number of sulfonamides is 1. The summed E-state index contributed by atoms with van der Waals surface area (Å²) in [5.74, 6) is -4.11. The summed E-state index contributed by atoms with van der Waals surface area (Å²) in [6.45, 7) is 8.49. The number of esters is 3. The molecule has 5 atom stereocenters. The van der Waals surface area contributed by atoms with E-state index in [2.05, 4.69) is 10.1 Å². The van der Waals surface area contributed by atoms with Gasteiger partial charge in [0.15, 0.2) is 28.1 Å². The average molecular weight is 583 g/mol. The van der Waals surface area contributed by atoms with Crippen LogP contribution in [0.3, 0.4) is 0 Å². The first-order valence-corrected chi connectivity index (χ1v) is 15.1. The van der Waals surface area contributed by atoms with Gasteiger partial charge < -0.3 is 19.5 Å². The number of carbonyl (C=O) groups is 4. The van der Waals surface area contributed by atoms with Gasteiger partial charge in [-0.05, 0) is 46.7 Å². The molecule has 0 unspecified atom stereocenters. The SMILES string of the molecule is CCN[C@H]1C[C@H](C)S(=O)(=O)c2sc(S(=O)(=O)NC(=O)[C@H](C)OC(=O)[C@H](C)OC(=O)[C@H](C)OC(C)=O)cc21. The molecule has 37 heavy (non-hydrogen) atoms. The molecule has 0 bridgehead atoms. The maximum absolute atomic E-state index is 12.9. The van der Waals surface area contributed by atoms with E-state index in [0.29, 0.717) is 23.4 Å². The molecule has 1 aromatic heterocycles. The molecule has 1 amide bonds. The van der Waals surface area contributed by atoms with Crippen LogP contribution in [-0.2, 0) is 53.2 Å². The molecular weight excluding hydrogens is 552 g/mol. The summed E-state index contributed by atoms with van der Waals surface area (Å²) in [4.78, 5) is 47.4. The quantitative estimate of drug-likeness (QED) is 0.289. The van der Waals surface area contributed by atoms with E-state index in [1.807, 2.05) is 6.92 Å². The number of ether oxygens (including phenoxy) is 3. The summed E-state index contributed by atoms with van der Waals surface area (Å²) >= 11 is 0.537. The van der Waals surface area contributed by atoms with Crippen LogP contribution in [0.2, 0.25) is 0 Å². The van der Waals surface area contributed by atoms with Gasteiger partial charge in [-0.25, -0.2) is 31.1 Å². The van der Waals surface area contributed by atoms with Gasteiger partial charge in [0.1, 0.15) is 8.42 Å². The first-order chi connectivity index (χ1) is 17.0. The molecule has 2 heterocycles. The highest BCUT2D eigenvalue weighted by molar-refractivity contribution is 7.95. The number of carbonyl (C=O) groups excluding carboxylic acids is 4. The van der Waals surface area contributed by atoms with Crippen molar-refractivity contribution in [2.75, 3.05) is 6.54 Å². The molecule has 0 fully saturated rings. The van der Waals surface area contributed by atoms with E-state index in [0.717, 1.165) is 20.8 Å². The Balaban J connectivity index is 2.11. The highest BCUT2D eigenvalue weighted by atomic mass is 32.3. The normalized spacial score (nSPS) is 21.0. The minimum atomic E-state index is -4.50. The lowest BCUT2D eigenvalue weighted by molar-refractivity contribution is -0.178. The summed E-state index contributed by atoms with van der Waals surface area (Å²) in [7, 11) is -8.24. The topological polar surface area (TPSA) is 188 Å². The van der Waals surface area contributed by atoms with Crippen molar-refractivity contribution in [3.8, 4) is 0 Å². The Kier molecular flexibility index (Phi) is 9.84.